The standard InChI is InChI=1S/C12H21NO2/c1-5-9-7-10(8(3)14)13(4)12(9)11(15)6-2/h9-10,12H,5-7H2,1-4H3/t9-,10-,12-/m1/s1. The van der Waals surface area contributed by atoms with Crippen LogP contribution in [-0.2, 0) is 9.59 Å². The summed E-state index contributed by atoms with van der Waals surface area (Å²) in [6, 6.07) is -0.0793. The molecule has 1 heterocycles. The Balaban J connectivity index is 2.85. The minimum atomic E-state index is -0.0459. The van der Waals surface area contributed by atoms with E-state index in [4.69, 9.17) is 0 Å². The fraction of sp³-hybridized carbons (Fsp3) is 0.833. The van der Waals surface area contributed by atoms with Gasteiger partial charge in [0, 0.05) is 6.42 Å². The molecule has 3 nitrogen and oxygen atoms in total. The predicted molar refractivity (Wildman–Crippen MR) is 59.7 cm³/mol. The third-order valence-corrected chi connectivity index (χ3v) is 3.57. The highest BCUT2D eigenvalue weighted by atomic mass is 16.1. The molecule has 1 saturated heterocycles. The van der Waals surface area contributed by atoms with E-state index in [-0.39, 0.29) is 23.7 Å². The average Bonchev–Trinajstić information content (AvgIpc) is 2.54. The lowest BCUT2D eigenvalue weighted by Gasteiger charge is -2.24. The van der Waals surface area contributed by atoms with Crippen molar-refractivity contribution in [1.82, 2.24) is 4.90 Å². The predicted octanol–water partition coefficient (Wildman–Crippen LogP) is 1.65. The number of likely N-dealkylation sites (tertiary alicyclic amines) is 1. The Bertz CT molecular complexity index is 262. The summed E-state index contributed by atoms with van der Waals surface area (Å²) in [4.78, 5) is 25.2. The Morgan fingerprint density at radius 3 is 2.33 bits per heavy atom. The Kier molecular flexibility index (Phi) is 4.03. The van der Waals surface area contributed by atoms with Gasteiger partial charge in [-0.1, -0.05) is 20.3 Å². The molecule has 0 aliphatic carbocycles. The third-order valence-electron chi connectivity index (χ3n) is 3.57. The van der Waals surface area contributed by atoms with Gasteiger partial charge in [0.1, 0.15) is 11.6 Å². The maximum atomic E-state index is 11.8. The van der Waals surface area contributed by atoms with E-state index in [9.17, 15) is 9.59 Å². The first kappa shape index (κ1) is 12.4. The SMILES string of the molecule is CCC(=O)[C@H]1[C@H](CC)C[C@H](C(C)=O)N1C. The number of Topliss-reactive ketones (excluding diaryl/α,β-unsaturated/α-hetero) is 2. The molecule has 0 bridgehead atoms. The fourth-order valence-corrected chi connectivity index (χ4v) is 2.65. The van der Waals surface area contributed by atoms with Gasteiger partial charge < -0.3 is 0 Å². The zero-order chi connectivity index (χ0) is 11.6. The molecule has 0 amide bonds. The second-order valence-corrected chi connectivity index (χ2v) is 4.46. The summed E-state index contributed by atoms with van der Waals surface area (Å²) >= 11 is 0. The lowest BCUT2D eigenvalue weighted by atomic mass is 9.92. The number of carbonyl (C=O) groups excluding carboxylic acids is 2. The van der Waals surface area contributed by atoms with Gasteiger partial charge in [-0.2, -0.15) is 0 Å². The summed E-state index contributed by atoms with van der Waals surface area (Å²) in [6.07, 6.45) is 2.39. The summed E-state index contributed by atoms with van der Waals surface area (Å²) in [5, 5.41) is 0. The molecule has 0 aromatic rings. The van der Waals surface area contributed by atoms with Crippen LogP contribution in [0.4, 0.5) is 0 Å². The van der Waals surface area contributed by atoms with Gasteiger partial charge in [-0.3, -0.25) is 14.5 Å². The highest BCUT2D eigenvalue weighted by molar-refractivity contribution is 5.88. The van der Waals surface area contributed by atoms with Crippen molar-refractivity contribution in [3.63, 3.8) is 0 Å². The van der Waals surface area contributed by atoms with Crippen molar-refractivity contribution in [2.24, 2.45) is 5.92 Å². The molecule has 3 atom stereocenters. The first-order valence-corrected chi connectivity index (χ1v) is 5.78. The number of ketones is 2. The van der Waals surface area contributed by atoms with Crippen molar-refractivity contribution in [3.05, 3.63) is 0 Å². The van der Waals surface area contributed by atoms with Gasteiger partial charge in [-0.05, 0) is 26.3 Å². The molecule has 0 aromatic heterocycles. The number of hydrogen-bond donors (Lipinski definition) is 0. The minimum Gasteiger partial charge on any atom is -0.298 e. The van der Waals surface area contributed by atoms with E-state index in [0.717, 1.165) is 12.8 Å². The van der Waals surface area contributed by atoms with Gasteiger partial charge in [0.2, 0.25) is 0 Å². The number of likely N-dealkylation sites (N-methyl/N-ethyl adjacent to an activating group) is 1. The Morgan fingerprint density at radius 2 is 1.93 bits per heavy atom. The molecule has 1 fully saturated rings. The maximum Gasteiger partial charge on any atom is 0.149 e. The smallest absolute Gasteiger partial charge is 0.149 e. The van der Waals surface area contributed by atoms with Crippen molar-refractivity contribution >= 4 is 11.6 Å². The van der Waals surface area contributed by atoms with Crippen LogP contribution >= 0.6 is 0 Å². The third kappa shape index (κ3) is 2.28. The molecule has 0 saturated carbocycles. The molecule has 0 unspecified atom stereocenters. The van der Waals surface area contributed by atoms with Gasteiger partial charge >= 0.3 is 0 Å². The minimum absolute atomic E-state index is 0.0334. The molecular formula is C12H21NO2. The molecule has 15 heavy (non-hydrogen) atoms. The topological polar surface area (TPSA) is 37.4 Å². The molecular weight excluding hydrogens is 190 g/mol. The summed E-state index contributed by atoms with van der Waals surface area (Å²) in [5.41, 5.74) is 0. The Labute approximate surface area is 91.8 Å². The van der Waals surface area contributed by atoms with E-state index in [2.05, 4.69) is 6.92 Å². The van der Waals surface area contributed by atoms with Crippen LogP contribution in [0.3, 0.4) is 0 Å². The van der Waals surface area contributed by atoms with Gasteiger partial charge in [-0.15, -0.1) is 0 Å². The average molecular weight is 211 g/mol. The van der Waals surface area contributed by atoms with Crippen molar-refractivity contribution < 1.29 is 9.59 Å². The van der Waals surface area contributed by atoms with Gasteiger partial charge in [-0.25, -0.2) is 0 Å². The van der Waals surface area contributed by atoms with Crippen LogP contribution in [0.1, 0.15) is 40.0 Å². The molecule has 0 radical (unpaired) electrons. The van der Waals surface area contributed by atoms with Gasteiger partial charge in [0.05, 0.1) is 12.1 Å². The summed E-state index contributed by atoms with van der Waals surface area (Å²) in [7, 11) is 1.90. The van der Waals surface area contributed by atoms with Crippen LogP contribution in [0, 0.1) is 5.92 Å². The lowest BCUT2D eigenvalue weighted by molar-refractivity contribution is -0.125. The second-order valence-electron chi connectivity index (χ2n) is 4.46. The molecule has 1 rings (SSSR count). The van der Waals surface area contributed by atoms with Crippen molar-refractivity contribution in [3.8, 4) is 0 Å². The van der Waals surface area contributed by atoms with Crippen LogP contribution in [0.15, 0.2) is 0 Å². The molecule has 1 aliphatic heterocycles. The first-order chi connectivity index (χ1) is 7.02. The summed E-state index contributed by atoms with van der Waals surface area (Å²) < 4.78 is 0. The van der Waals surface area contributed by atoms with E-state index in [1.54, 1.807) is 6.92 Å². The highest BCUT2D eigenvalue weighted by Gasteiger charge is 2.42. The van der Waals surface area contributed by atoms with E-state index < -0.39 is 0 Å². The molecule has 1 aliphatic rings. The van der Waals surface area contributed by atoms with Crippen LogP contribution in [-0.4, -0.2) is 35.6 Å². The highest BCUT2D eigenvalue weighted by Crippen LogP contribution is 2.32. The van der Waals surface area contributed by atoms with E-state index in [0.29, 0.717) is 12.3 Å². The number of nitrogens with zero attached hydrogens (tertiary/aromatic N) is 1. The van der Waals surface area contributed by atoms with E-state index >= 15 is 0 Å². The molecule has 0 aromatic carbocycles. The van der Waals surface area contributed by atoms with E-state index in [1.807, 2.05) is 18.9 Å². The zero-order valence-corrected chi connectivity index (χ0v) is 10.1. The summed E-state index contributed by atoms with van der Waals surface area (Å²) in [5.74, 6) is 0.812. The Hall–Kier alpha value is -0.700. The second kappa shape index (κ2) is 4.88. The number of hydrogen-bond acceptors (Lipinski definition) is 3. The number of rotatable bonds is 4. The van der Waals surface area contributed by atoms with Gasteiger partial charge in [0.15, 0.2) is 0 Å². The quantitative estimate of drug-likeness (QED) is 0.709. The Morgan fingerprint density at radius 1 is 1.33 bits per heavy atom. The number of carbonyl (C=O) groups is 2. The van der Waals surface area contributed by atoms with Crippen molar-refractivity contribution in [1.29, 1.82) is 0 Å². The molecule has 86 valence electrons. The van der Waals surface area contributed by atoms with Crippen LogP contribution < -0.4 is 0 Å². The lowest BCUT2D eigenvalue weighted by Crippen LogP contribution is -2.42. The first-order valence-electron chi connectivity index (χ1n) is 5.78. The summed E-state index contributed by atoms with van der Waals surface area (Å²) in [6.45, 7) is 5.60. The van der Waals surface area contributed by atoms with Crippen molar-refractivity contribution in [2.75, 3.05) is 7.05 Å². The normalized spacial score (nSPS) is 31.9. The monoisotopic (exact) mass is 211 g/mol. The van der Waals surface area contributed by atoms with E-state index in [1.165, 1.54) is 0 Å². The maximum absolute atomic E-state index is 11.8. The zero-order valence-electron chi connectivity index (χ0n) is 10.1. The largest absolute Gasteiger partial charge is 0.298 e. The molecule has 3 heteroatoms. The van der Waals surface area contributed by atoms with Crippen LogP contribution in [0.5, 0.6) is 0 Å². The van der Waals surface area contributed by atoms with Crippen LogP contribution in [0.2, 0.25) is 0 Å². The van der Waals surface area contributed by atoms with Crippen molar-refractivity contribution in [2.45, 2.75) is 52.1 Å². The van der Waals surface area contributed by atoms with Gasteiger partial charge in [0.25, 0.3) is 0 Å². The molecule has 0 N–H and O–H groups in total. The molecule has 0 spiro atoms. The fourth-order valence-electron chi connectivity index (χ4n) is 2.65. The van der Waals surface area contributed by atoms with Crippen LogP contribution in [0.25, 0.3) is 0 Å².